The molecule has 0 saturated carbocycles. The molecule has 0 aliphatic heterocycles. The van der Waals surface area contributed by atoms with Gasteiger partial charge in [-0.1, -0.05) is 40.2 Å². The first-order chi connectivity index (χ1) is 8.60. The van der Waals surface area contributed by atoms with Crippen molar-refractivity contribution in [3.8, 4) is 0 Å². The summed E-state index contributed by atoms with van der Waals surface area (Å²) in [5, 5.41) is 0.581. The zero-order chi connectivity index (χ0) is 13.5. The van der Waals surface area contributed by atoms with Crippen LogP contribution in [0, 0.1) is 0 Å². The van der Waals surface area contributed by atoms with Gasteiger partial charge in [0.1, 0.15) is 11.8 Å². The normalized spacial score (nSPS) is 10.9. The van der Waals surface area contributed by atoms with Crippen molar-refractivity contribution in [1.29, 1.82) is 0 Å². The second-order valence-electron chi connectivity index (χ2n) is 3.42. The summed E-state index contributed by atoms with van der Waals surface area (Å²) in [4.78, 5) is 22.5. The summed E-state index contributed by atoms with van der Waals surface area (Å²) in [5.74, 6) is -1.04. The number of halogens is 1. The predicted molar refractivity (Wildman–Crippen MR) is 70.8 cm³/mol. The second kappa shape index (κ2) is 6.96. The molecule has 0 aromatic heterocycles. The summed E-state index contributed by atoms with van der Waals surface area (Å²) in [6.45, 7) is 1.27. The van der Waals surface area contributed by atoms with E-state index < -0.39 is 11.9 Å². The van der Waals surface area contributed by atoms with Crippen molar-refractivity contribution in [2.75, 3.05) is 7.11 Å². The zero-order valence-corrected chi connectivity index (χ0v) is 11.7. The quantitative estimate of drug-likeness (QED) is 0.371. The van der Waals surface area contributed by atoms with Gasteiger partial charge in [-0.25, -0.2) is 4.79 Å². The zero-order valence-electron chi connectivity index (χ0n) is 10.1. The minimum atomic E-state index is -0.551. The fourth-order valence-electron chi connectivity index (χ4n) is 1.37. The van der Waals surface area contributed by atoms with Gasteiger partial charge in [0, 0.05) is 12.3 Å². The molecule has 0 unspecified atom stereocenters. The smallest absolute Gasteiger partial charge is 0.341 e. The van der Waals surface area contributed by atoms with Crippen LogP contribution in [0.15, 0.2) is 30.5 Å². The van der Waals surface area contributed by atoms with E-state index in [4.69, 9.17) is 4.74 Å². The van der Waals surface area contributed by atoms with E-state index in [1.807, 2.05) is 12.1 Å². The molecular formula is C13H13BrO4. The van der Waals surface area contributed by atoms with E-state index in [0.717, 1.165) is 11.8 Å². The van der Waals surface area contributed by atoms with E-state index in [0.29, 0.717) is 10.9 Å². The lowest BCUT2D eigenvalue weighted by Crippen LogP contribution is -2.07. The number of hydrogen-bond donors (Lipinski definition) is 0. The molecule has 0 heterocycles. The fourth-order valence-corrected chi connectivity index (χ4v) is 1.86. The minimum Gasteiger partial charge on any atom is -0.465 e. The lowest BCUT2D eigenvalue weighted by atomic mass is 10.0. The van der Waals surface area contributed by atoms with Crippen LogP contribution in [0.1, 0.15) is 18.1 Å². The third-order valence-electron chi connectivity index (χ3n) is 2.20. The van der Waals surface area contributed by atoms with Gasteiger partial charge in [-0.15, -0.1) is 0 Å². The third-order valence-corrected chi connectivity index (χ3v) is 2.80. The number of carbonyl (C=O) groups excluding carboxylic acids is 2. The number of ether oxygens (including phenoxy) is 2. The van der Waals surface area contributed by atoms with Crippen molar-refractivity contribution in [1.82, 2.24) is 0 Å². The maximum Gasteiger partial charge on any atom is 0.341 e. The van der Waals surface area contributed by atoms with E-state index in [1.54, 1.807) is 12.1 Å². The maximum atomic E-state index is 11.7. The first-order valence-corrected chi connectivity index (χ1v) is 6.32. The summed E-state index contributed by atoms with van der Waals surface area (Å²) in [6.07, 6.45) is 1.12. The van der Waals surface area contributed by atoms with Crippen LogP contribution in [0.2, 0.25) is 0 Å². The lowest BCUT2D eigenvalue weighted by Gasteiger charge is -2.09. The number of hydrogen-bond acceptors (Lipinski definition) is 4. The van der Waals surface area contributed by atoms with E-state index in [-0.39, 0.29) is 5.57 Å². The Hall–Kier alpha value is -1.62. The summed E-state index contributed by atoms with van der Waals surface area (Å²) >= 11 is 3.34. The van der Waals surface area contributed by atoms with E-state index >= 15 is 0 Å². The first kappa shape index (κ1) is 14.4. The Morgan fingerprint density at radius 1 is 1.33 bits per heavy atom. The average Bonchev–Trinajstić information content (AvgIpc) is 2.38. The topological polar surface area (TPSA) is 52.6 Å². The summed E-state index contributed by atoms with van der Waals surface area (Å²) in [7, 11) is 1.28. The molecule has 0 spiro atoms. The first-order valence-electron chi connectivity index (χ1n) is 5.20. The van der Waals surface area contributed by atoms with Crippen molar-refractivity contribution >= 4 is 33.4 Å². The molecule has 0 bridgehead atoms. The molecule has 0 saturated heterocycles. The Labute approximate surface area is 114 Å². The van der Waals surface area contributed by atoms with Crippen molar-refractivity contribution < 1.29 is 19.1 Å². The highest BCUT2D eigenvalue weighted by Gasteiger charge is 2.16. The number of alkyl halides is 1. The number of rotatable bonds is 4. The van der Waals surface area contributed by atoms with Crippen LogP contribution in [0.3, 0.4) is 0 Å². The molecule has 0 aliphatic carbocycles. The molecule has 0 aliphatic rings. The molecule has 4 nitrogen and oxygen atoms in total. The van der Waals surface area contributed by atoms with Crippen LogP contribution in [0.25, 0.3) is 5.57 Å². The molecule has 1 aromatic carbocycles. The van der Waals surface area contributed by atoms with Crippen molar-refractivity contribution in [2.24, 2.45) is 0 Å². The molecule has 0 fully saturated rings. The van der Waals surface area contributed by atoms with Gasteiger partial charge in [-0.05, 0) is 11.1 Å². The Bertz CT molecular complexity index is 480. The van der Waals surface area contributed by atoms with Gasteiger partial charge in [-0.2, -0.15) is 0 Å². The standard InChI is InChI=1S/C13H13BrO4/c1-9(15)18-8-12(13(16)17-2)11-6-4-3-5-10(11)7-14/h3-6,8H,7H2,1-2H3/b12-8+. The summed E-state index contributed by atoms with van der Waals surface area (Å²) in [6, 6.07) is 7.30. The van der Waals surface area contributed by atoms with Crippen molar-refractivity contribution in [3.05, 3.63) is 41.7 Å². The van der Waals surface area contributed by atoms with Crippen LogP contribution >= 0.6 is 15.9 Å². The molecule has 1 aromatic rings. The predicted octanol–water partition coefficient (Wildman–Crippen LogP) is 2.66. The summed E-state index contributed by atoms with van der Waals surface area (Å²) in [5.41, 5.74) is 1.78. The highest BCUT2D eigenvalue weighted by Crippen LogP contribution is 2.22. The second-order valence-corrected chi connectivity index (χ2v) is 3.98. The molecule has 0 amide bonds. The Morgan fingerprint density at radius 3 is 2.56 bits per heavy atom. The number of esters is 2. The van der Waals surface area contributed by atoms with Crippen molar-refractivity contribution in [3.63, 3.8) is 0 Å². The van der Waals surface area contributed by atoms with Crippen LogP contribution < -0.4 is 0 Å². The number of carbonyl (C=O) groups is 2. The van der Waals surface area contributed by atoms with Gasteiger partial charge in [0.15, 0.2) is 0 Å². The Balaban J connectivity index is 3.21. The molecule has 0 radical (unpaired) electrons. The molecule has 0 N–H and O–H groups in total. The van der Waals surface area contributed by atoms with E-state index in [1.165, 1.54) is 14.0 Å². The maximum absolute atomic E-state index is 11.7. The van der Waals surface area contributed by atoms with Crippen molar-refractivity contribution in [2.45, 2.75) is 12.3 Å². The van der Waals surface area contributed by atoms with Crippen LogP contribution in [0.5, 0.6) is 0 Å². The number of methoxy groups -OCH3 is 1. The van der Waals surface area contributed by atoms with Gasteiger partial charge in [-0.3, -0.25) is 4.79 Å². The Kier molecular flexibility index (Phi) is 5.58. The molecule has 96 valence electrons. The highest BCUT2D eigenvalue weighted by molar-refractivity contribution is 9.08. The SMILES string of the molecule is COC(=O)/C(=C/OC(C)=O)c1ccccc1CBr. The van der Waals surface area contributed by atoms with Crippen LogP contribution in [-0.2, 0) is 24.4 Å². The van der Waals surface area contributed by atoms with Gasteiger partial charge in [0.25, 0.3) is 0 Å². The molecular weight excluding hydrogens is 300 g/mol. The third kappa shape index (κ3) is 3.70. The van der Waals surface area contributed by atoms with Crippen LogP contribution in [0.4, 0.5) is 0 Å². The van der Waals surface area contributed by atoms with Gasteiger partial charge in [0.05, 0.1) is 7.11 Å². The van der Waals surface area contributed by atoms with Gasteiger partial charge >= 0.3 is 11.9 Å². The van der Waals surface area contributed by atoms with Gasteiger partial charge in [0.2, 0.25) is 0 Å². The number of benzene rings is 1. The Morgan fingerprint density at radius 2 is 2.00 bits per heavy atom. The summed E-state index contributed by atoms with van der Waals surface area (Å²) < 4.78 is 9.45. The minimum absolute atomic E-state index is 0.211. The lowest BCUT2D eigenvalue weighted by molar-refractivity contribution is -0.135. The monoisotopic (exact) mass is 312 g/mol. The highest BCUT2D eigenvalue weighted by atomic mass is 79.9. The average molecular weight is 313 g/mol. The van der Waals surface area contributed by atoms with Crippen LogP contribution in [-0.4, -0.2) is 19.0 Å². The largest absolute Gasteiger partial charge is 0.465 e. The van der Waals surface area contributed by atoms with E-state index in [2.05, 4.69) is 20.7 Å². The molecule has 18 heavy (non-hydrogen) atoms. The molecule has 0 atom stereocenters. The van der Waals surface area contributed by atoms with E-state index in [9.17, 15) is 9.59 Å². The molecule has 1 rings (SSSR count). The molecule has 5 heteroatoms. The van der Waals surface area contributed by atoms with Gasteiger partial charge < -0.3 is 9.47 Å². The fraction of sp³-hybridized carbons (Fsp3) is 0.231.